The number of aliphatic hydroxyl groups is 1. The van der Waals surface area contributed by atoms with Crippen LogP contribution in [0.15, 0.2) is 23.8 Å². The molecule has 7 atom stereocenters. The average Bonchev–Trinajstić information content (AvgIpc) is 2.87. The maximum Gasteiger partial charge on any atom is 0.227 e. The lowest BCUT2D eigenvalue weighted by molar-refractivity contribution is -0.167. The smallest absolute Gasteiger partial charge is 0.227 e. The van der Waals surface area contributed by atoms with Crippen molar-refractivity contribution in [2.75, 3.05) is 0 Å². The van der Waals surface area contributed by atoms with Crippen molar-refractivity contribution < 1.29 is 24.3 Å². The Hall–Kier alpha value is -1.59. The molecule has 5 nitrogen and oxygen atoms in total. The molecule has 0 heterocycles. The highest BCUT2D eigenvalue weighted by Crippen LogP contribution is 2.66. The van der Waals surface area contributed by atoms with E-state index in [1.54, 1.807) is 19.1 Å². The highest BCUT2D eigenvalue weighted by Gasteiger charge is 2.69. The van der Waals surface area contributed by atoms with E-state index in [4.69, 9.17) is 11.6 Å². The largest absolute Gasteiger partial charge is 0.381 e. The molecule has 0 aliphatic heterocycles. The van der Waals surface area contributed by atoms with Crippen LogP contribution >= 0.6 is 11.6 Å². The van der Waals surface area contributed by atoms with Crippen molar-refractivity contribution in [3.8, 4) is 0 Å². The summed E-state index contributed by atoms with van der Waals surface area (Å²) >= 11 is 6.66. The number of halogens is 1. The highest BCUT2D eigenvalue weighted by atomic mass is 35.5. The Kier molecular flexibility index (Phi) is 3.97. The zero-order chi connectivity index (χ0) is 19.8. The van der Waals surface area contributed by atoms with E-state index in [0.717, 1.165) is 5.57 Å². The monoisotopic (exact) mass is 390 g/mol. The lowest BCUT2D eigenvalue weighted by Crippen LogP contribution is -2.61. The summed E-state index contributed by atoms with van der Waals surface area (Å²) in [5, 5.41) is 10.7. The minimum absolute atomic E-state index is 0.0336. The topological polar surface area (TPSA) is 88.5 Å². The van der Waals surface area contributed by atoms with Crippen molar-refractivity contribution in [2.45, 2.75) is 50.5 Å². The zero-order valence-corrected chi connectivity index (χ0v) is 16.2. The molecule has 0 aromatic rings. The molecule has 3 saturated carbocycles. The summed E-state index contributed by atoms with van der Waals surface area (Å²) in [7, 11) is 0. The Bertz CT molecular complexity index is 828. The van der Waals surface area contributed by atoms with Gasteiger partial charge in [0.1, 0.15) is 11.4 Å². The average molecular weight is 391 g/mol. The van der Waals surface area contributed by atoms with Crippen molar-refractivity contribution >= 4 is 35.2 Å². The number of Topliss-reactive ketones (excluding diaryl/α,β-unsaturated/α-hetero) is 2. The van der Waals surface area contributed by atoms with Gasteiger partial charge >= 0.3 is 0 Å². The van der Waals surface area contributed by atoms with Gasteiger partial charge in [-0.3, -0.25) is 19.2 Å². The molecule has 0 bridgehead atoms. The van der Waals surface area contributed by atoms with E-state index in [9.17, 15) is 24.3 Å². The quantitative estimate of drug-likeness (QED) is 0.443. The van der Waals surface area contributed by atoms with E-state index in [1.807, 2.05) is 6.92 Å². The standard InChI is InChI=1S/C21H23ClO5/c1-19-5-3-11(24)7-14(19)15(22)8-12-13-4-6-21(27,17(26)10-23)20(13,2)9-16(25)18(12)19/h3,5,7,10,12-13,15,18,27H,4,6,8-9H2,1-2H3/t12-,13-,15-,18+,19-,20-,21-/m0/s1. The lowest BCUT2D eigenvalue weighted by atomic mass is 9.46. The van der Waals surface area contributed by atoms with Crippen molar-refractivity contribution in [3.05, 3.63) is 23.8 Å². The molecule has 0 unspecified atom stereocenters. The summed E-state index contributed by atoms with van der Waals surface area (Å²) in [4.78, 5) is 48.6. The second-order valence-electron chi connectivity index (χ2n) is 9.01. The van der Waals surface area contributed by atoms with Crippen molar-refractivity contribution in [3.63, 3.8) is 0 Å². The van der Waals surface area contributed by atoms with E-state index in [-0.39, 0.29) is 53.8 Å². The number of carbonyl (C=O) groups excluding carboxylic acids is 4. The highest BCUT2D eigenvalue weighted by molar-refractivity contribution is 6.29. The molecule has 144 valence electrons. The maximum atomic E-state index is 13.3. The van der Waals surface area contributed by atoms with E-state index in [1.165, 1.54) is 6.08 Å². The summed E-state index contributed by atoms with van der Waals surface area (Å²) in [5.41, 5.74) is -2.60. The number of aldehydes is 1. The van der Waals surface area contributed by atoms with Crippen LogP contribution in [0.25, 0.3) is 0 Å². The van der Waals surface area contributed by atoms with Gasteiger partial charge in [-0.05, 0) is 48.8 Å². The lowest BCUT2D eigenvalue weighted by Gasteiger charge is -2.57. The number of hydrogen-bond donors (Lipinski definition) is 1. The van der Waals surface area contributed by atoms with Crippen LogP contribution in [-0.2, 0) is 19.2 Å². The van der Waals surface area contributed by atoms with Crippen LogP contribution in [0.1, 0.15) is 39.5 Å². The first-order chi connectivity index (χ1) is 12.6. The van der Waals surface area contributed by atoms with E-state index >= 15 is 0 Å². The molecule has 0 spiro atoms. The molecule has 0 radical (unpaired) electrons. The second kappa shape index (κ2) is 5.71. The Morgan fingerprint density at radius 2 is 2.04 bits per heavy atom. The molecule has 0 aromatic carbocycles. The van der Waals surface area contributed by atoms with Crippen LogP contribution in [-0.4, -0.2) is 39.7 Å². The van der Waals surface area contributed by atoms with Gasteiger partial charge < -0.3 is 5.11 Å². The molecular formula is C21H23ClO5. The fourth-order valence-electron chi connectivity index (χ4n) is 6.55. The van der Waals surface area contributed by atoms with Gasteiger partial charge in [0.2, 0.25) is 5.78 Å². The minimum atomic E-state index is -1.79. The van der Waals surface area contributed by atoms with Crippen molar-refractivity contribution in [2.24, 2.45) is 28.6 Å². The number of rotatable bonds is 2. The molecule has 4 rings (SSSR count). The third-order valence-corrected chi connectivity index (χ3v) is 8.32. The van der Waals surface area contributed by atoms with Crippen molar-refractivity contribution in [1.82, 2.24) is 0 Å². The van der Waals surface area contributed by atoms with E-state index in [2.05, 4.69) is 0 Å². The first kappa shape index (κ1) is 18.8. The molecule has 27 heavy (non-hydrogen) atoms. The Morgan fingerprint density at radius 3 is 2.70 bits per heavy atom. The third kappa shape index (κ3) is 2.21. The van der Waals surface area contributed by atoms with Crippen LogP contribution in [0, 0.1) is 28.6 Å². The molecule has 6 heteroatoms. The molecule has 1 N–H and O–H groups in total. The maximum absolute atomic E-state index is 13.3. The summed E-state index contributed by atoms with van der Waals surface area (Å²) in [6.45, 7) is 3.71. The molecular weight excluding hydrogens is 368 g/mol. The number of carbonyl (C=O) groups is 4. The fourth-order valence-corrected chi connectivity index (χ4v) is 7.05. The predicted octanol–water partition coefficient (Wildman–Crippen LogP) is 2.19. The van der Waals surface area contributed by atoms with Gasteiger partial charge in [0.15, 0.2) is 12.1 Å². The van der Waals surface area contributed by atoms with Gasteiger partial charge in [0.05, 0.1) is 5.38 Å². The van der Waals surface area contributed by atoms with Crippen LogP contribution in [0.3, 0.4) is 0 Å². The van der Waals surface area contributed by atoms with Gasteiger partial charge in [-0.2, -0.15) is 0 Å². The summed E-state index contributed by atoms with van der Waals surface area (Å²) < 4.78 is 0. The first-order valence-electron chi connectivity index (χ1n) is 9.42. The van der Waals surface area contributed by atoms with Crippen LogP contribution < -0.4 is 0 Å². The van der Waals surface area contributed by atoms with E-state index < -0.39 is 22.2 Å². The molecule has 3 fully saturated rings. The molecule has 4 aliphatic carbocycles. The predicted molar refractivity (Wildman–Crippen MR) is 98.1 cm³/mol. The zero-order valence-electron chi connectivity index (χ0n) is 15.4. The number of fused-ring (bicyclic) bond motifs is 5. The normalized spacial score (nSPS) is 48.4. The fraction of sp³-hybridized carbons (Fsp3) is 0.619. The summed E-state index contributed by atoms with van der Waals surface area (Å²) in [5.74, 6) is -1.52. The molecule has 0 amide bonds. The third-order valence-electron chi connectivity index (χ3n) is 7.90. The Morgan fingerprint density at radius 1 is 1.33 bits per heavy atom. The summed E-state index contributed by atoms with van der Waals surface area (Å²) in [6, 6.07) is 0. The van der Waals surface area contributed by atoms with Crippen LogP contribution in [0.5, 0.6) is 0 Å². The summed E-state index contributed by atoms with van der Waals surface area (Å²) in [6.07, 6.45) is 6.35. The van der Waals surface area contributed by atoms with Gasteiger partial charge in [0.25, 0.3) is 0 Å². The number of alkyl halides is 1. The van der Waals surface area contributed by atoms with Crippen LogP contribution in [0.2, 0.25) is 0 Å². The Labute approximate surface area is 162 Å². The first-order valence-corrected chi connectivity index (χ1v) is 9.86. The molecule has 0 aromatic heterocycles. The second-order valence-corrected chi connectivity index (χ2v) is 9.54. The van der Waals surface area contributed by atoms with E-state index in [0.29, 0.717) is 12.8 Å². The number of allylic oxidation sites excluding steroid dienone is 4. The molecule has 0 saturated heterocycles. The van der Waals surface area contributed by atoms with Gasteiger partial charge in [-0.15, -0.1) is 11.6 Å². The minimum Gasteiger partial charge on any atom is -0.381 e. The number of hydrogen-bond acceptors (Lipinski definition) is 5. The SMILES string of the molecule is C[C@]12C=CC(=O)C=C1[C@@H](Cl)C[C@@H]1[C@@H]2C(=O)C[C@@]2(C)[C@H]1CC[C@]2(O)C(=O)C=O. The Balaban J connectivity index is 1.80. The van der Waals surface area contributed by atoms with Crippen LogP contribution in [0.4, 0.5) is 0 Å². The van der Waals surface area contributed by atoms with Crippen molar-refractivity contribution in [1.29, 1.82) is 0 Å². The number of ketones is 3. The molecule has 4 aliphatic rings. The van der Waals surface area contributed by atoms with Gasteiger partial charge in [0, 0.05) is 23.2 Å². The van der Waals surface area contributed by atoms with Gasteiger partial charge in [-0.25, -0.2) is 0 Å². The van der Waals surface area contributed by atoms with Gasteiger partial charge in [-0.1, -0.05) is 19.9 Å².